The summed E-state index contributed by atoms with van der Waals surface area (Å²) >= 11 is 0. The van der Waals surface area contributed by atoms with Crippen molar-refractivity contribution in [3.8, 4) is 0 Å². The van der Waals surface area contributed by atoms with Crippen LogP contribution < -0.4 is 0 Å². The molecule has 0 bridgehead atoms. The summed E-state index contributed by atoms with van der Waals surface area (Å²) in [6.07, 6.45) is 2.20. The van der Waals surface area contributed by atoms with E-state index in [9.17, 15) is 8.42 Å². The van der Waals surface area contributed by atoms with Gasteiger partial charge >= 0.3 is 5.37 Å². The molecule has 1 aromatic carbocycles. The van der Waals surface area contributed by atoms with Gasteiger partial charge in [0.25, 0.3) is 9.84 Å². The molecule has 1 aromatic rings. The van der Waals surface area contributed by atoms with Crippen molar-refractivity contribution in [2.45, 2.75) is 23.6 Å². The summed E-state index contributed by atoms with van der Waals surface area (Å²) in [5, 5.41) is -1.13. The standard InChI is InChI=1S/C14H15NO3S/c1-11-3-5-13(6-4-11)19(16,17)14(15-2)12-7-9-18-10-8-12/h3-7,14H,8-10H2,1H3. The van der Waals surface area contributed by atoms with Crippen molar-refractivity contribution in [2.24, 2.45) is 0 Å². The number of nitrogens with zero attached hydrogens (tertiary/aromatic N) is 1. The summed E-state index contributed by atoms with van der Waals surface area (Å²) in [6, 6.07) is 6.60. The second-order valence-corrected chi connectivity index (χ2v) is 6.45. The van der Waals surface area contributed by atoms with E-state index in [4.69, 9.17) is 11.3 Å². The van der Waals surface area contributed by atoms with Crippen LogP contribution in [-0.2, 0) is 14.6 Å². The van der Waals surface area contributed by atoms with Crippen LogP contribution in [0.1, 0.15) is 12.0 Å². The molecular weight excluding hydrogens is 262 g/mol. The van der Waals surface area contributed by atoms with E-state index in [0.717, 1.165) is 5.56 Å². The van der Waals surface area contributed by atoms with E-state index >= 15 is 0 Å². The van der Waals surface area contributed by atoms with Gasteiger partial charge in [0.05, 0.1) is 18.1 Å². The van der Waals surface area contributed by atoms with Gasteiger partial charge < -0.3 is 4.74 Å². The van der Waals surface area contributed by atoms with Crippen molar-refractivity contribution in [1.29, 1.82) is 0 Å². The molecule has 1 unspecified atom stereocenters. The summed E-state index contributed by atoms with van der Waals surface area (Å²) in [6.45, 7) is 9.95. The molecule has 0 N–H and O–H groups in total. The number of ether oxygens (including phenoxy) is 1. The average molecular weight is 277 g/mol. The second-order valence-electron chi connectivity index (χ2n) is 4.44. The first-order valence-corrected chi connectivity index (χ1v) is 7.54. The first-order valence-electron chi connectivity index (χ1n) is 5.99. The third kappa shape index (κ3) is 2.86. The maximum Gasteiger partial charge on any atom is 0.346 e. The summed E-state index contributed by atoms with van der Waals surface area (Å²) in [7, 11) is -3.65. The van der Waals surface area contributed by atoms with Crippen LogP contribution in [0.25, 0.3) is 4.85 Å². The zero-order chi connectivity index (χ0) is 13.9. The monoisotopic (exact) mass is 277 g/mol. The maximum atomic E-state index is 12.5. The molecule has 1 heterocycles. The molecule has 100 valence electrons. The molecule has 5 heteroatoms. The van der Waals surface area contributed by atoms with Gasteiger partial charge in [-0.05, 0) is 19.1 Å². The molecule has 0 amide bonds. The van der Waals surface area contributed by atoms with Gasteiger partial charge in [0.15, 0.2) is 0 Å². The van der Waals surface area contributed by atoms with Gasteiger partial charge in [-0.1, -0.05) is 23.8 Å². The third-order valence-electron chi connectivity index (χ3n) is 3.08. The summed E-state index contributed by atoms with van der Waals surface area (Å²) in [5.74, 6) is 0. The Morgan fingerprint density at radius 2 is 2.00 bits per heavy atom. The minimum atomic E-state index is -3.65. The third-order valence-corrected chi connectivity index (χ3v) is 5.00. The van der Waals surface area contributed by atoms with Gasteiger partial charge in [0.2, 0.25) is 0 Å². The number of benzene rings is 1. The number of hydrogen-bond acceptors (Lipinski definition) is 3. The molecule has 4 nitrogen and oxygen atoms in total. The normalized spacial score (nSPS) is 17.4. The van der Waals surface area contributed by atoms with Crippen LogP contribution in [-0.4, -0.2) is 27.0 Å². The highest BCUT2D eigenvalue weighted by Gasteiger charge is 2.36. The minimum Gasteiger partial charge on any atom is -0.377 e. The largest absolute Gasteiger partial charge is 0.377 e. The predicted molar refractivity (Wildman–Crippen MR) is 72.3 cm³/mol. The molecule has 1 aliphatic rings. The lowest BCUT2D eigenvalue weighted by atomic mass is 10.1. The van der Waals surface area contributed by atoms with Crippen molar-refractivity contribution in [2.75, 3.05) is 13.2 Å². The minimum absolute atomic E-state index is 0.200. The Morgan fingerprint density at radius 1 is 1.32 bits per heavy atom. The second kappa shape index (κ2) is 5.55. The maximum absolute atomic E-state index is 12.5. The molecule has 0 fully saturated rings. The zero-order valence-electron chi connectivity index (χ0n) is 10.7. The van der Waals surface area contributed by atoms with E-state index < -0.39 is 15.2 Å². The van der Waals surface area contributed by atoms with Crippen molar-refractivity contribution >= 4 is 9.84 Å². The fourth-order valence-electron chi connectivity index (χ4n) is 1.97. The van der Waals surface area contributed by atoms with E-state index in [1.807, 2.05) is 6.92 Å². The Kier molecular flexibility index (Phi) is 4.03. The molecule has 0 saturated carbocycles. The zero-order valence-corrected chi connectivity index (χ0v) is 11.5. The Hall–Kier alpha value is -1.64. The highest BCUT2D eigenvalue weighted by Crippen LogP contribution is 2.26. The number of hydrogen-bond donors (Lipinski definition) is 0. The summed E-state index contributed by atoms with van der Waals surface area (Å²) in [5.41, 5.74) is 1.63. The molecule has 1 aliphatic heterocycles. The van der Waals surface area contributed by atoms with Gasteiger partial charge in [-0.3, -0.25) is 4.85 Å². The fourth-order valence-corrected chi connectivity index (χ4v) is 3.50. The van der Waals surface area contributed by atoms with Crippen molar-refractivity contribution < 1.29 is 13.2 Å². The highest BCUT2D eigenvalue weighted by molar-refractivity contribution is 7.92. The Morgan fingerprint density at radius 3 is 2.53 bits per heavy atom. The first-order chi connectivity index (χ1) is 9.05. The quantitative estimate of drug-likeness (QED) is 0.629. The molecule has 19 heavy (non-hydrogen) atoms. The molecule has 0 spiro atoms. The van der Waals surface area contributed by atoms with Crippen LogP contribution in [0.4, 0.5) is 0 Å². The van der Waals surface area contributed by atoms with Gasteiger partial charge in [0.1, 0.15) is 0 Å². The van der Waals surface area contributed by atoms with E-state index in [2.05, 4.69) is 4.85 Å². The van der Waals surface area contributed by atoms with E-state index in [1.54, 1.807) is 30.3 Å². The van der Waals surface area contributed by atoms with E-state index in [-0.39, 0.29) is 4.90 Å². The van der Waals surface area contributed by atoms with Crippen LogP contribution >= 0.6 is 0 Å². The first kappa shape index (κ1) is 13.8. The Labute approximate surface area is 113 Å². The molecule has 1 atom stereocenters. The predicted octanol–water partition coefficient (Wildman–Crippen LogP) is 2.36. The number of rotatable bonds is 3. The van der Waals surface area contributed by atoms with Crippen molar-refractivity contribution in [3.63, 3.8) is 0 Å². The molecule has 0 aromatic heterocycles. The number of aryl methyl sites for hydroxylation is 1. The highest BCUT2D eigenvalue weighted by atomic mass is 32.2. The molecule has 2 rings (SSSR count). The summed E-state index contributed by atoms with van der Waals surface area (Å²) < 4.78 is 30.1. The van der Waals surface area contributed by atoms with Gasteiger partial charge in [-0.2, -0.15) is 0 Å². The van der Waals surface area contributed by atoms with E-state index in [1.165, 1.54) is 0 Å². The summed E-state index contributed by atoms with van der Waals surface area (Å²) in [4.78, 5) is 3.52. The Balaban J connectivity index is 2.39. The number of sulfone groups is 1. The van der Waals surface area contributed by atoms with Crippen LogP contribution in [0.15, 0.2) is 40.8 Å². The van der Waals surface area contributed by atoms with Gasteiger partial charge in [-0.25, -0.2) is 15.0 Å². The molecule has 0 aliphatic carbocycles. The van der Waals surface area contributed by atoms with Crippen LogP contribution in [0.5, 0.6) is 0 Å². The lowest BCUT2D eigenvalue weighted by molar-refractivity contribution is 0.154. The van der Waals surface area contributed by atoms with Gasteiger partial charge in [0, 0.05) is 12.0 Å². The van der Waals surface area contributed by atoms with E-state index in [0.29, 0.717) is 25.2 Å². The Bertz CT molecular complexity index is 624. The SMILES string of the molecule is [C-]#[N+]C(C1=CCOCC1)S(=O)(=O)c1ccc(C)cc1. The van der Waals surface area contributed by atoms with Crippen LogP contribution in [0.3, 0.4) is 0 Å². The van der Waals surface area contributed by atoms with Crippen LogP contribution in [0, 0.1) is 13.5 Å². The smallest absolute Gasteiger partial charge is 0.346 e. The molecule has 0 radical (unpaired) electrons. The lowest BCUT2D eigenvalue weighted by Crippen LogP contribution is -2.23. The van der Waals surface area contributed by atoms with Crippen molar-refractivity contribution in [3.05, 3.63) is 52.9 Å². The van der Waals surface area contributed by atoms with Crippen molar-refractivity contribution in [1.82, 2.24) is 0 Å². The topological polar surface area (TPSA) is 47.7 Å². The average Bonchev–Trinajstić information content (AvgIpc) is 2.41. The lowest BCUT2D eigenvalue weighted by Gasteiger charge is -2.15. The fraction of sp³-hybridized carbons (Fsp3) is 0.357. The van der Waals surface area contributed by atoms with Gasteiger partial charge in [-0.15, -0.1) is 0 Å². The van der Waals surface area contributed by atoms with Crippen LogP contribution in [0.2, 0.25) is 0 Å². The molecule has 0 saturated heterocycles. The molecular formula is C14H15NO3S.